The van der Waals surface area contributed by atoms with Gasteiger partial charge in [0.25, 0.3) is 0 Å². The van der Waals surface area contributed by atoms with Crippen molar-refractivity contribution in [2.24, 2.45) is 7.05 Å². The molecule has 0 unspecified atom stereocenters. The highest BCUT2D eigenvalue weighted by Gasteiger charge is 2.21. The van der Waals surface area contributed by atoms with Crippen molar-refractivity contribution in [3.8, 4) is 0 Å². The lowest BCUT2D eigenvalue weighted by atomic mass is 10.2. The van der Waals surface area contributed by atoms with Crippen LogP contribution < -0.4 is 0 Å². The monoisotopic (exact) mass is 366 g/mol. The highest BCUT2D eigenvalue weighted by atomic mass is 35.5. The molecule has 7 nitrogen and oxygen atoms in total. The number of carbonyl (C=O) groups is 1. The minimum atomic E-state index is 0.130. The molecule has 1 amide bonds. The maximum absolute atomic E-state index is 12.3. The molecule has 1 aliphatic heterocycles. The molecule has 0 saturated carbocycles. The normalized spacial score (nSPS) is 15.7. The van der Waals surface area contributed by atoms with E-state index >= 15 is 0 Å². The number of hydrogen-bond donors (Lipinski definition) is 0. The first-order valence-corrected chi connectivity index (χ1v) is 9.08. The number of amides is 1. The molecule has 1 fully saturated rings. The number of benzene rings is 1. The standard InChI is InChI=1S/C15H19ClN6OS/c1-20-15(17-18-19-20)24-11-14(23)22-7-5-21(6-8-22)10-12-3-2-4-13(16)9-12/h2-4,9H,5-8,10-11H2,1H3. The molecule has 0 spiro atoms. The molecule has 0 radical (unpaired) electrons. The minimum absolute atomic E-state index is 0.130. The van der Waals surface area contributed by atoms with Crippen molar-refractivity contribution in [2.75, 3.05) is 31.9 Å². The van der Waals surface area contributed by atoms with Crippen LogP contribution >= 0.6 is 23.4 Å². The van der Waals surface area contributed by atoms with Crippen LogP contribution in [0.15, 0.2) is 29.4 Å². The molecule has 0 atom stereocenters. The van der Waals surface area contributed by atoms with Gasteiger partial charge in [-0.15, -0.1) is 5.10 Å². The summed E-state index contributed by atoms with van der Waals surface area (Å²) < 4.78 is 1.57. The first-order chi connectivity index (χ1) is 11.6. The van der Waals surface area contributed by atoms with Crippen molar-refractivity contribution in [1.29, 1.82) is 0 Å². The molecule has 1 aliphatic rings. The van der Waals surface area contributed by atoms with Crippen LogP contribution in [0.5, 0.6) is 0 Å². The van der Waals surface area contributed by atoms with Gasteiger partial charge in [-0.1, -0.05) is 35.5 Å². The van der Waals surface area contributed by atoms with Gasteiger partial charge in [-0.2, -0.15) is 0 Å². The second kappa shape index (κ2) is 7.96. The number of carbonyl (C=O) groups excluding carboxylic acids is 1. The van der Waals surface area contributed by atoms with Crippen molar-refractivity contribution in [1.82, 2.24) is 30.0 Å². The summed E-state index contributed by atoms with van der Waals surface area (Å²) >= 11 is 7.39. The Hall–Kier alpha value is -1.64. The Bertz CT molecular complexity index is 701. The van der Waals surface area contributed by atoms with Crippen LogP contribution in [0.4, 0.5) is 0 Å². The predicted octanol–water partition coefficient (Wildman–Crippen LogP) is 1.30. The van der Waals surface area contributed by atoms with Gasteiger partial charge < -0.3 is 4.90 Å². The molecule has 3 rings (SSSR count). The summed E-state index contributed by atoms with van der Waals surface area (Å²) in [6.07, 6.45) is 0. The highest BCUT2D eigenvalue weighted by molar-refractivity contribution is 7.99. The highest BCUT2D eigenvalue weighted by Crippen LogP contribution is 2.16. The average Bonchev–Trinajstić information content (AvgIpc) is 2.98. The third-order valence-electron chi connectivity index (χ3n) is 3.93. The number of aryl methyl sites for hydroxylation is 1. The van der Waals surface area contributed by atoms with E-state index in [1.165, 1.54) is 17.3 Å². The van der Waals surface area contributed by atoms with E-state index in [9.17, 15) is 4.79 Å². The van der Waals surface area contributed by atoms with Crippen LogP contribution in [0, 0.1) is 0 Å². The molecule has 2 aromatic rings. The zero-order chi connectivity index (χ0) is 16.9. The van der Waals surface area contributed by atoms with Gasteiger partial charge in [0.05, 0.1) is 5.75 Å². The summed E-state index contributed by atoms with van der Waals surface area (Å²) in [5, 5.41) is 12.6. The van der Waals surface area contributed by atoms with Crippen LogP contribution in [-0.2, 0) is 18.4 Å². The SMILES string of the molecule is Cn1nnnc1SCC(=O)N1CCN(Cc2cccc(Cl)c2)CC1. The lowest BCUT2D eigenvalue weighted by Crippen LogP contribution is -2.48. The quantitative estimate of drug-likeness (QED) is 0.743. The number of hydrogen-bond acceptors (Lipinski definition) is 6. The molecular formula is C15H19ClN6OS. The van der Waals surface area contributed by atoms with E-state index in [1.807, 2.05) is 23.1 Å². The Kier molecular flexibility index (Phi) is 5.70. The number of piperazine rings is 1. The van der Waals surface area contributed by atoms with Crippen molar-refractivity contribution >= 4 is 29.3 Å². The molecule has 2 heterocycles. The molecule has 9 heteroatoms. The van der Waals surface area contributed by atoms with Gasteiger partial charge in [-0.3, -0.25) is 9.69 Å². The Morgan fingerprint density at radius 2 is 2.08 bits per heavy atom. The zero-order valence-electron chi connectivity index (χ0n) is 13.4. The van der Waals surface area contributed by atoms with E-state index in [0.717, 1.165) is 37.7 Å². The lowest BCUT2D eigenvalue weighted by Gasteiger charge is -2.34. The molecule has 128 valence electrons. The van der Waals surface area contributed by atoms with Crippen molar-refractivity contribution in [2.45, 2.75) is 11.7 Å². The Morgan fingerprint density at radius 1 is 1.29 bits per heavy atom. The van der Waals surface area contributed by atoms with Gasteiger partial charge in [0, 0.05) is 44.8 Å². The average molecular weight is 367 g/mol. The van der Waals surface area contributed by atoms with Crippen molar-refractivity contribution in [3.63, 3.8) is 0 Å². The van der Waals surface area contributed by atoms with Gasteiger partial charge in [0.2, 0.25) is 11.1 Å². The van der Waals surface area contributed by atoms with E-state index in [4.69, 9.17) is 11.6 Å². The van der Waals surface area contributed by atoms with Gasteiger partial charge >= 0.3 is 0 Å². The van der Waals surface area contributed by atoms with E-state index in [1.54, 1.807) is 11.7 Å². The van der Waals surface area contributed by atoms with E-state index in [2.05, 4.69) is 26.5 Å². The maximum atomic E-state index is 12.3. The van der Waals surface area contributed by atoms with Crippen LogP contribution in [0.25, 0.3) is 0 Å². The number of nitrogens with zero attached hydrogens (tertiary/aromatic N) is 6. The first kappa shape index (κ1) is 17.2. The first-order valence-electron chi connectivity index (χ1n) is 7.71. The molecule has 0 aliphatic carbocycles. The van der Waals surface area contributed by atoms with E-state index in [-0.39, 0.29) is 5.91 Å². The predicted molar refractivity (Wildman–Crippen MR) is 92.8 cm³/mol. The number of halogens is 1. The summed E-state index contributed by atoms with van der Waals surface area (Å²) in [5.41, 5.74) is 1.20. The van der Waals surface area contributed by atoms with Gasteiger partial charge in [0.1, 0.15) is 0 Å². The molecule has 24 heavy (non-hydrogen) atoms. The maximum Gasteiger partial charge on any atom is 0.233 e. The summed E-state index contributed by atoms with van der Waals surface area (Å²) in [5.74, 6) is 0.494. The van der Waals surface area contributed by atoms with E-state index in [0.29, 0.717) is 10.9 Å². The van der Waals surface area contributed by atoms with Gasteiger partial charge in [0.15, 0.2) is 0 Å². The van der Waals surface area contributed by atoms with Crippen LogP contribution in [-0.4, -0.2) is 67.8 Å². The number of tetrazole rings is 1. The van der Waals surface area contributed by atoms with E-state index < -0.39 is 0 Å². The molecular weight excluding hydrogens is 348 g/mol. The number of aromatic nitrogens is 4. The topological polar surface area (TPSA) is 67.2 Å². The number of rotatable bonds is 5. The summed E-state index contributed by atoms with van der Waals surface area (Å²) in [6, 6.07) is 7.92. The van der Waals surface area contributed by atoms with Crippen LogP contribution in [0.1, 0.15) is 5.56 Å². The minimum Gasteiger partial charge on any atom is -0.339 e. The summed E-state index contributed by atoms with van der Waals surface area (Å²) in [7, 11) is 1.77. The molecule has 0 N–H and O–H groups in total. The second-order valence-corrected chi connectivity index (χ2v) is 7.04. The third kappa shape index (κ3) is 4.46. The number of thioether (sulfide) groups is 1. The van der Waals surface area contributed by atoms with Gasteiger partial charge in [-0.05, 0) is 28.1 Å². The molecule has 0 bridgehead atoms. The van der Waals surface area contributed by atoms with Crippen LogP contribution in [0.2, 0.25) is 5.02 Å². The summed E-state index contributed by atoms with van der Waals surface area (Å²) in [4.78, 5) is 16.6. The smallest absolute Gasteiger partial charge is 0.233 e. The fourth-order valence-corrected chi connectivity index (χ4v) is 3.58. The van der Waals surface area contributed by atoms with Gasteiger partial charge in [-0.25, -0.2) is 4.68 Å². The third-order valence-corrected chi connectivity index (χ3v) is 5.16. The molecule has 1 saturated heterocycles. The Labute approximate surface area is 149 Å². The summed E-state index contributed by atoms with van der Waals surface area (Å²) in [6.45, 7) is 4.10. The Morgan fingerprint density at radius 3 is 2.75 bits per heavy atom. The Balaban J connectivity index is 1.44. The molecule has 1 aromatic heterocycles. The van der Waals surface area contributed by atoms with Crippen molar-refractivity contribution in [3.05, 3.63) is 34.9 Å². The fourth-order valence-electron chi connectivity index (χ4n) is 2.61. The van der Waals surface area contributed by atoms with Crippen LogP contribution in [0.3, 0.4) is 0 Å². The fraction of sp³-hybridized carbons (Fsp3) is 0.467. The second-order valence-electron chi connectivity index (χ2n) is 5.66. The zero-order valence-corrected chi connectivity index (χ0v) is 15.0. The lowest BCUT2D eigenvalue weighted by molar-refractivity contribution is -0.130. The molecule has 1 aromatic carbocycles. The van der Waals surface area contributed by atoms with Crippen molar-refractivity contribution < 1.29 is 4.79 Å². The largest absolute Gasteiger partial charge is 0.339 e.